The van der Waals surface area contributed by atoms with Gasteiger partial charge in [0, 0.05) is 5.38 Å². The summed E-state index contributed by atoms with van der Waals surface area (Å²) in [6.45, 7) is 0. The van der Waals surface area contributed by atoms with E-state index in [1.807, 2.05) is 17.5 Å². The molecule has 0 spiro atoms. The summed E-state index contributed by atoms with van der Waals surface area (Å²) in [7, 11) is 0. The van der Waals surface area contributed by atoms with E-state index < -0.39 is 0 Å². The van der Waals surface area contributed by atoms with E-state index in [0.717, 1.165) is 25.7 Å². The van der Waals surface area contributed by atoms with Gasteiger partial charge in [0.15, 0.2) is 0 Å². The van der Waals surface area contributed by atoms with Gasteiger partial charge in [0.25, 0.3) is 0 Å². The third kappa shape index (κ3) is 2.10. The number of aldehydes is 1. The molecule has 0 atom stereocenters. The second kappa shape index (κ2) is 4.33. The Morgan fingerprint density at radius 3 is 3.00 bits per heavy atom. The fourth-order valence-electron chi connectivity index (χ4n) is 1.04. The van der Waals surface area contributed by atoms with Crippen LogP contribution in [0.1, 0.15) is 5.01 Å². The number of halogens is 1. The predicted octanol–water partition coefficient (Wildman–Crippen LogP) is 3.38. The summed E-state index contributed by atoms with van der Waals surface area (Å²) in [5, 5.41) is 2.86. The molecule has 2 aromatic rings. The Balaban J connectivity index is 2.28. The lowest BCUT2D eigenvalue weighted by Gasteiger charge is -1.87. The van der Waals surface area contributed by atoms with Crippen molar-refractivity contribution >= 4 is 44.9 Å². The quantitative estimate of drug-likeness (QED) is 0.810. The standard InChI is InChI=1S/C9H6BrNOS2/c10-8-2-1-7(14-8)6-5-13-9(11-6)3-4-12/h1-2,4-5H,3H2. The molecule has 14 heavy (non-hydrogen) atoms. The van der Waals surface area contributed by atoms with Gasteiger partial charge in [-0.1, -0.05) is 0 Å². The molecular weight excluding hydrogens is 282 g/mol. The minimum atomic E-state index is 0.414. The first-order chi connectivity index (χ1) is 6.79. The third-order valence-electron chi connectivity index (χ3n) is 1.64. The predicted molar refractivity (Wildman–Crippen MR) is 62.9 cm³/mol. The van der Waals surface area contributed by atoms with Crippen molar-refractivity contribution in [3.05, 3.63) is 26.3 Å². The van der Waals surface area contributed by atoms with Crippen molar-refractivity contribution in [3.8, 4) is 10.6 Å². The maximum Gasteiger partial charge on any atom is 0.126 e. The van der Waals surface area contributed by atoms with Gasteiger partial charge in [-0.15, -0.1) is 22.7 Å². The highest BCUT2D eigenvalue weighted by Crippen LogP contribution is 2.31. The fourth-order valence-corrected chi connectivity index (χ4v) is 3.21. The largest absolute Gasteiger partial charge is 0.303 e. The van der Waals surface area contributed by atoms with Crippen molar-refractivity contribution in [1.29, 1.82) is 0 Å². The molecule has 0 aliphatic rings. The molecule has 5 heteroatoms. The molecule has 2 aromatic heterocycles. The van der Waals surface area contributed by atoms with Gasteiger partial charge in [0.05, 0.1) is 20.8 Å². The maximum atomic E-state index is 10.3. The SMILES string of the molecule is O=CCc1nc(-c2ccc(Br)s2)cs1. The van der Waals surface area contributed by atoms with Crippen molar-refractivity contribution in [3.63, 3.8) is 0 Å². The van der Waals surface area contributed by atoms with Gasteiger partial charge in [-0.2, -0.15) is 0 Å². The van der Waals surface area contributed by atoms with Gasteiger partial charge in [-0.05, 0) is 28.1 Å². The zero-order valence-corrected chi connectivity index (χ0v) is 10.3. The Hall–Kier alpha value is -0.520. The van der Waals surface area contributed by atoms with Crippen LogP contribution in [-0.2, 0) is 11.2 Å². The fraction of sp³-hybridized carbons (Fsp3) is 0.111. The molecule has 72 valence electrons. The Morgan fingerprint density at radius 1 is 1.50 bits per heavy atom. The normalized spacial score (nSPS) is 10.4. The molecule has 0 bridgehead atoms. The minimum Gasteiger partial charge on any atom is -0.303 e. The molecule has 0 saturated carbocycles. The number of hydrogen-bond acceptors (Lipinski definition) is 4. The van der Waals surface area contributed by atoms with Crippen molar-refractivity contribution in [2.75, 3.05) is 0 Å². The van der Waals surface area contributed by atoms with Gasteiger partial charge < -0.3 is 4.79 Å². The average Bonchev–Trinajstić information content (AvgIpc) is 2.74. The molecule has 0 aliphatic carbocycles. The molecule has 2 nitrogen and oxygen atoms in total. The molecule has 0 unspecified atom stereocenters. The van der Waals surface area contributed by atoms with Crippen LogP contribution in [0.2, 0.25) is 0 Å². The first-order valence-corrected chi connectivity index (χ1v) is 6.42. The second-order valence-electron chi connectivity index (χ2n) is 2.60. The molecular formula is C9H6BrNOS2. The number of thiophene rings is 1. The number of thiazole rings is 1. The van der Waals surface area contributed by atoms with Crippen LogP contribution < -0.4 is 0 Å². The summed E-state index contributed by atoms with van der Waals surface area (Å²) in [6.07, 6.45) is 1.30. The molecule has 0 fully saturated rings. The Bertz CT molecular complexity index is 449. The van der Waals surface area contributed by atoms with Crippen molar-refractivity contribution < 1.29 is 4.79 Å². The van der Waals surface area contributed by atoms with Crippen LogP contribution in [0.15, 0.2) is 21.3 Å². The summed E-state index contributed by atoms with van der Waals surface area (Å²) in [4.78, 5) is 15.8. The van der Waals surface area contributed by atoms with Crippen LogP contribution in [0.3, 0.4) is 0 Å². The van der Waals surface area contributed by atoms with Crippen LogP contribution in [0.25, 0.3) is 10.6 Å². The van der Waals surface area contributed by atoms with E-state index in [1.165, 1.54) is 11.3 Å². The Labute approximate surface area is 97.7 Å². The number of nitrogens with zero attached hydrogens (tertiary/aromatic N) is 1. The van der Waals surface area contributed by atoms with E-state index >= 15 is 0 Å². The molecule has 0 aromatic carbocycles. The second-order valence-corrected chi connectivity index (χ2v) is 6.01. The van der Waals surface area contributed by atoms with Gasteiger partial charge in [0.2, 0.25) is 0 Å². The van der Waals surface area contributed by atoms with E-state index in [-0.39, 0.29) is 0 Å². The van der Waals surface area contributed by atoms with E-state index in [2.05, 4.69) is 20.9 Å². The molecule has 2 heterocycles. The topological polar surface area (TPSA) is 30.0 Å². The molecule has 0 amide bonds. The third-order valence-corrected chi connectivity index (χ3v) is 4.15. The monoisotopic (exact) mass is 287 g/mol. The molecule has 0 aliphatic heterocycles. The zero-order chi connectivity index (χ0) is 9.97. The van der Waals surface area contributed by atoms with Crippen molar-refractivity contribution in [1.82, 2.24) is 4.98 Å². The molecule has 0 radical (unpaired) electrons. The lowest BCUT2D eigenvalue weighted by Crippen LogP contribution is -1.83. The number of carbonyl (C=O) groups excluding carboxylic acids is 1. The van der Waals surface area contributed by atoms with Gasteiger partial charge in [-0.25, -0.2) is 4.98 Å². The summed E-state index contributed by atoms with van der Waals surface area (Å²) in [5.41, 5.74) is 0.961. The summed E-state index contributed by atoms with van der Waals surface area (Å²) in [6, 6.07) is 4.02. The Morgan fingerprint density at radius 2 is 2.36 bits per heavy atom. The highest BCUT2D eigenvalue weighted by molar-refractivity contribution is 9.11. The van der Waals surface area contributed by atoms with Crippen LogP contribution in [0, 0.1) is 0 Å². The lowest BCUT2D eigenvalue weighted by atomic mass is 10.4. The summed E-state index contributed by atoms with van der Waals surface area (Å²) in [5.74, 6) is 0. The van der Waals surface area contributed by atoms with E-state index in [9.17, 15) is 4.79 Å². The van der Waals surface area contributed by atoms with Crippen LogP contribution in [0.5, 0.6) is 0 Å². The molecule has 2 rings (SSSR count). The van der Waals surface area contributed by atoms with Gasteiger partial charge >= 0.3 is 0 Å². The summed E-state index contributed by atoms with van der Waals surface area (Å²) >= 11 is 6.58. The maximum absolute atomic E-state index is 10.3. The first kappa shape index (κ1) is 10.0. The zero-order valence-electron chi connectivity index (χ0n) is 7.07. The smallest absolute Gasteiger partial charge is 0.126 e. The Kier molecular flexibility index (Phi) is 3.10. The number of aromatic nitrogens is 1. The average molecular weight is 288 g/mol. The lowest BCUT2D eigenvalue weighted by molar-refractivity contribution is -0.107. The van der Waals surface area contributed by atoms with Crippen LogP contribution in [-0.4, -0.2) is 11.3 Å². The highest BCUT2D eigenvalue weighted by atomic mass is 79.9. The number of carbonyl (C=O) groups is 1. The van der Waals surface area contributed by atoms with E-state index in [0.29, 0.717) is 6.42 Å². The van der Waals surface area contributed by atoms with E-state index in [1.54, 1.807) is 11.3 Å². The van der Waals surface area contributed by atoms with Gasteiger partial charge in [0.1, 0.15) is 11.3 Å². The van der Waals surface area contributed by atoms with Crippen molar-refractivity contribution in [2.45, 2.75) is 6.42 Å². The summed E-state index contributed by atoms with van der Waals surface area (Å²) < 4.78 is 1.09. The number of rotatable bonds is 3. The molecule has 0 N–H and O–H groups in total. The van der Waals surface area contributed by atoms with Crippen LogP contribution in [0.4, 0.5) is 0 Å². The van der Waals surface area contributed by atoms with E-state index in [4.69, 9.17) is 0 Å². The van der Waals surface area contributed by atoms with Gasteiger partial charge in [-0.3, -0.25) is 0 Å². The minimum absolute atomic E-state index is 0.414. The van der Waals surface area contributed by atoms with Crippen molar-refractivity contribution in [2.24, 2.45) is 0 Å². The number of hydrogen-bond donors (Lipinski definition) is 0. The highest BCUT2D eigenvalue weighted by Gasteiger charge is 2.06. The first-order valence-electron chi connectivity index (χ1n) is 3.93. The van der Waals surface area contributed by atoms with Crippen LogP contribution >= 0.6 is 38.6 Å². The molecule has 0 saturated heterocycles.